The molecule has 6 heteroatoms. The third-order valence-corrected chi connectivity index (χ3v) is 4.21. The van der Waals surface area contributed by atoms with E-state index in [0.717, 1.165) is 25.7 Å². The van der Waals surface area contributed by atoms with Gasteiger partial charge in [0.1, 0.15) is 0 Å². The fourth-order valence-corrected chi connectivity index (χ4v) is 2.64. The molecular formula is C13H19F2NO2S. The van der Waals surface area contributed by atoms with E-state index in [9.17, 15) is 17.2 Å². The van der Waals surface area contributed by atoms with Crippen LogP contribution in [-0.4, -0.2) is 20.7 Å². The smallest absolute Gasteiger partial charge is 0.341 e. The zero-order valence-electron chi connectivity index (χ0n) is 10.9. The van der Waals surface area contributed by atoms with Gasteiger partial charge in [0.05, 0.1) is 10.6 Å². The highest BCUT2D eigenvalue weighted by molar-refractivity contribution is 7.91. The van der Waals surface area contributed by atoms with Crippen molar-refractivity contribution >= 4 is 15.5 Å². The number of halogens is 2. The average molecular weight is 291 g/mol. The van der Waals surface area contributed by atoms with Crippen LogP contribution in [0.4, 0.5) is 14.5 Å². The summed E-state index contributed by atoms with van der Waals surface area (Å²) in [7, 11) is -4.55. The molecule has 0 aliphatic heterocycles. The Labute approximate surface area is 112 Å². The number of rotatable bonds is 8. The molecule has 0 spiro atoms. The number of nitrogens with one attached hydrogen (secondary N) is 1. The van der Waals surface area contributed by atoms with Gasteiger partial charge in [-0.3, -0.25) is 0 Å². The van der Waals surface area contributed by atoms with Crippen LogP contribution in [0.1, 0.15) is 32.6 Å². The van der Waals surface area contributed by atoms with Crippen LogP contribution in [0.15, 0.2) is 29.2 Å². The molecule has 0 aliphatic rings. The molecule has 0 aromatic heterocycles. The Kier molecular flexibility index (Phi) is 6.21. The first-order valence-electron chi connectivity index (χ1n) is 6.35. The molecule has 3 nitrogen and oxygen atoms in total. The number of sulfone groups is 1. The highest BCUT2D eigenvalue weighted by Crippen LogP contribution is 2.26. The number of unbranched alkanes of at least 4 members (excludes halogenated alkanes) is 3. The van der Waals surface area contributed by atoms with Gasteiger partial charge in [-0.2, -0.15) is 8.78 Å². The summed E-state index contributed by atoms with van der Waals surface area (Å²) in [6.45, 7) is 2.67. The van der Waals surface area contributed by atoms with Gasteiger partial charge in [0.2, 0.25) is 9.84 Å². The van der Waals surface area contributed by atoms with Crippen LogP contribution < -0.4 is 5.32 Å². The van der Waals surface area contributed by atoms with Crippen LogP contribution in [0.2, 0.25) is 0 Å². The van der Waals surface area contributed by atoms with Crippen molar-refractivity contribution < 1.29 is 17.2 Å². The van der Waals surface area contributed by atoms with Crippen LogP contribution in [0.5, 0.6) is 0 Å². The third kappa shape index (κ3) is 4.45. The summed E-state index contributed by atoms with van der Waals surface area (Å²) in [5.41, 5.74) is 0.249. The number of benzene rings is 1. The first-order valence-corrected chi connectivity index (χ1v) is 7.89. The molecule has 19 heavy (non-hydrogen) atoms. The zero-order valence-corrected chi connectivity index (χ0v) is 11.7. The molecule has 0 bridgehead atoms. The Morgan fingerprint density at radius 1 is 1.16 bits per heavy atom. The van der Waals surface area contributed by atoms with Crippen LogP contribution in [0.25, 0.3) is 0 Å². The quantitative estimate of drug-likeness (QED) is 0.743. The van der Waals surface area contributed by atoms with Gasteiger partial charge < -0.3 is 5.32 Å². The molecule has 1 N–H and O–H groups in total. The monoisotopic (exact) mass is 291 g/mol. The third-order valence-electron chi connectivity index (χ3n) is 2.77. The van der Waals surface area contributed by atoms with Gasteiger partial charge in [-0.25, -0.2) is 8.42 Å². The SMILES string of the molecule is CCCCCCNc1ccccc1S(=O)(=O)C(F)F. The number of anilines is 1. The molecule has 0 aliphatic carbocycles. The van der Waals surface area contributed by atoms with E-state index in [0.29, 0.717) is 6.54 Å². The van der Waals surface area contributed by atoms with Gasteiger partial charge in [-0.05, 0) is 18.6 Å². The van der Waals surface area contributed by atoms with Crippen LogP contribution in [0.3, 0.4) is 0 Å². The van der Waals surface area contributed by atoms with Gasteiger partial charge >= 0.3 is 5.76 Å². The number of alkyl halides is 2. The summed E-state index contributed by atoms with van der Waals surface area (Å²) >= 11 is 0. The van der Waals surface area contributed by atoms with Crippen molar-refractivity contribution in [1.29, 1.82) is 0 Å². The normalized spacial score (nSPS) is 11.8. The molecule has 0 saturated heterocycles. The van der Waals surface area contributed by atoms with Gasteiger partial charge in [-0.15, -0.1) is 0 Å². The molecule has 0 atom stereocenters. The van der Waals surface area contributed by atoms with Gasteiger partial charge in [-0.1, -0.05) is 38.3 Å². The molecule has 0 saturated carbocycles. The maximum Gasteiger partial charge on any atom is 0.341 e. The highest BCUT2D eigenvalue weighted by Gasteiger charge is 2.28. The summed E-state index contributed by atoms with van der Waals surface area (Å²) < 4.78 is 48.1. The van der Waals surface area contributed by atoms with E-state index in [1.54, 1.807) is 6.07 Å². The maximum absolute atomic E-state index is 12.6. The topological polar surface area (TPSA) is 46.2 Å². The lowest BCUT2D eigenvalue weighted by Crippen LogP contribution is -2.14. The van der Waals surface area contributed by atoms with Crippen LogP contribution in [0, 0.1) is 0 Å². The van der Waals surface area contributed by atoms with Crippen LogP contribution in [-0.2, 0) is 9.84 Å². The standard InChI is InChI=1S/C13H19F2NO2S/c1-2-3-4-7-10-16-11-8-5-6-9-12(11)19(17,18)13(14)15/h5-6,8-9,13,16H,2-4,7,10H2,1H3. The zero-order chi connectivity index (χ0) is 14.3. The number of hydrogen-bond acceptors (Lipinski definition) is 3. The van der Waals surface area contributed by atoms with Crippen molar-refractivity contribution in [2.45, 2.75) is 43.3 Å². The summed E-state index contributed by atoms with van der Waals surface area (Å²) in [5.74, 6) is -3.39. The first kappa shape index (κ1) is 15.9. The number of hydrogen-bond donors (Lipinski definition) is 1. The second-order valence-corrected chi connectivity index (χ2v) is 6.18. The summed E-state index contributed by atoms with van der Waals surface area (Å²) in [4.78, 5) is -0.333. The van der Waals surface area contributed by atoms with Gasteiger partial charge in [0.15, 0.2) is 0 Å². The lowest BCUT2D eigenvalue weighted by atomic mass is 10.2. The fraction of sp³-hybridized carbons (Fsp3) is 0.538. The Morgan fingerprint density at radius 2 is 1.84 bits per heavy atom. The van der Waals surface area contributed by atoms with Crippen molar-refractivity contribution in [1.82, 2.24) is 0 Å². The van der Waals surface area contributed by atoms with E-state index in [1.807, 2.05) is 0 Å². The predicted molar refractivity (Wildman–Crippen MR) is 72.3 cm³/mol. The maximum atomic E-state index is 12.6. The molecule has 108 valence electrons. The Balaban J connectivity index is 2.74. The van der Waals surface area contributed by atoms with Gasteiger partial charge in [0, 0.05) is 6.54 Å². The molecular weight excluding hydrogens is 272 g/mol. The second kappa shape index (κ2) is 7.43. The molecule has 1 aromatic carbocycles. The van der Waals surface area contributed by atoms with E-state index < -0.39 is 15.6 Å². The second-order valence-electron chi connectivity index (χ2n) is 4.29. The molecule has 1 rings (SSSR count). The van der Waals surface area contributed by atoms with E-state index in [-0.39, 0.29) is 10.6 Å². The minimum atomic E-state index is -4.55. The minimum Gasteiger partial charge on any atom is -0.384 e. The Bertz CT molecular complexity index is 489. The largest absolute Gasteiger partial charge is 0.384 e. The van der Waals surface area contributed by atoms with E-state index >= 15 is 0 Å². The van der Waals surface area contributed by atoms with Crippen molar-refractivity contribution in [3.63, 3.8) is 0 Å². The fourth-order valence-electron chi connectivity index (χ4n) is 1.73. The Hall–Kier alpha value is -1.17. The molecule has 0 amide bonds. The molecule has 0 radical (unpaired) electrons. The molecule has 1 aromatic rings. The summed E-state index contributed by atoms with van der Waals surface area (Å²) in [6, 6.07) is 5.78. The van der Waals surface area contributed by atoms with E-state index in [4.69, 9.17) is 0 Å². The molecule has 0 heterocycles. The van der Waals surface area contributed by atoms with Crippen molar-refractivity contribution in [2.24, 2.45) is 0 Å². The van der Waals surface area contributed by atoms with E-state index in [2.05, 4.69) is 12.2 Å². The van der Waals surface area contributed by atoms with Gasteiger partial charge in [0.25, 0.3) is 0 Å². The van der Waals surface area contributed by atoms with E-state index in [1.165, 1.54) is 18.2 Å². The average Bonchev–Trinajstić information content (AvgIpc) is 2.38. The Morgan fingerprint density at radius 3 is 2.47 bits per heavy atom. The van der Waals surface area contributed by atoms with Crippen LogP contribution >= 0.6 is 0 Å². The number of para-hydroxylation sites is 1. The molecule has 0 unspecified atom stereocenters. The van der Waals surface area contributed by atoms with Crippen molar-refractivity contribution in [3.05, 3.63) is 24.3 Å². The highest BCUT2D eigenvalue weighted by atomic mass is 32.2. The lowest BCUT2D eigenvalue weighted by molar-refractivity contribution is 0.235. The molecule has 0 fully saturated rings. The van der Waals surface area contributed by atoms with Crippen molar-refractivity contribution in [2.75, 3.05) is 11.9 Å². The summed E-state index contributed by atoms with van der Waals surface area (Å²) in [6.07, 6.45) is 4.14. The predicted octanol–water partition coefficient (Wildman–Crippen LogP) is 3.68. The van der Waals surface area contributed by atoms with Crippen molar-refractivity contribution in [3.8, 4) is 0 Å². The minimum absolute atomic E-state index is 0.249. The lowest BCUT2D eigenvalue weighted by Gasteiger charge is -2.11. The first-order chi connectivity index (χ1) is 9.00. The summed E-state index contributed by atoms with van der Waals surface area (Å²) in [5, 5.41) is 2.92.